The van der Waals surface area contributed by atoms with Gasteiger partial charge in [0.05, 0.1) is 4.20 Å². The van der Waals surface area contributed by atoms with Gasteiger partial charge in [-0.1, -0.05) is 54.7 Å². The molecule has 3 rings (SSSR count). The molecule has 0 N–H and O–H groups in total. The van der Waals surface area contributed by atoms with Crippen molar-refractivity contribution in [3.8, 4) is 11.8 Å². The van der Waals surface area contributed by atoms with Gasteiger partial charge in [-0.05, 0) is 30.0 Å². The number of benzene rings is 2. The maximum atomic E-state index is 12.8. The number of rotatable bonds is 2. The SMILES string of the molecule is CSC(=S)[C@@]1(C#N)c2ccccc2C=CN1C(=O)Oc1ccccc1. The van der Waals surface area contributed by atoms with E-state index in [0.717, 1.165) is 5.56 Å². The molecule has 0 unspecified atom stereocenters. The molecule has 0 aliphatic carbocycles. The Kier molecular flexibility index (Phi) is 4.88. The number of carbonyl (C=O) groups is 1. The number of para-hydroxylation sites is 1. The highest BCUT2D eigenvalue weighted by Gasteiger charge is 2.48. The lowest BCUT2D eigenvalue weighted by molar-refractivity contribution is 0.154. The summed E-state index contributed by atoms with van der Waals surface area (Å²) in [5.74, 6) is 0.404. The fraction of sp³-hybridized carbons (Fsp3) is 0.105. The lowest BCUT2D eigenvalue weighted by Crippen LogP contribution is -2.52. The second-order valence-electron chi connectivity index (χ2n) is 5.27. The molecule has 124 valence electrons. The fourth-order valence-corrected chi connectivity index (χ4v) is 3.52. The Bertz CT molecular complexity index is 890. The number of nitriles is 1. The van der Waals surface area contributed by atoms with Crippen molar-refractivity contribution in [3.63, 3.8) is 0 Å². The average Bonchev–Trinajstić information content (AvgIpc) is 2.67. The van der Waals surface area contributed by atoms with Crippen LogP contribution in [0, 0.1) is 11.3 Å². The van der Waals surface area contributed by atoms with Crippen molar-refractivity contribution in [2.75, 3.05) is 6.26 Å². The Morgan fingerprint density at radius 3 is 2.56 bits per heavy atom. The van der Waals surface area contributed by atoms with E-state index in [4.69, 9.17) is 17.0 Å². The number of fused-ring (bicyclic) bond motifs is 1. The summed E-state index contributed by atoms with van der Waals surface area (Å²) in [5, 5.41) is 10.0. The largest absolute Gasteiger partial charge is 0.421 e. The van der Waals surface area contributed by atoms with Crippen LogP contribution in [0.1, 0.15) is 11.1 Å². The van der Waals surface area contributed by atoms with Crippen molar-refractivity contribution in [3.05, 3.63) is 71.9 Å². The van der Waals surface area contributed by atoms with Crippen LogP contribution in [0.25, 0.3) is 6.08 Å². The number of thioether (sulfide) groups is 1. The molecule has 0 saturated heterocycles. The van der Waals surface area contributed by atoms with Crippen LogP contribution < -0.4 is 4.74 Å². The first-order valence-electron chi connectivity index (χ1n) is 7.47. The van der Waals surface area contributed by atoms with Crippen molar-refractivity contribution >= 4 is 40.3 Å². The molecule has 0 aromatic heterocycles. The minimum Gasteiger partial charge on any atom is -0.410 e. The van der Waals surface area contributed by atoms with Crippen LogP contribution in [-0.2, 0) is 5.54 Å². The van der Waals surface area contributed by atoms with Crippen LogP contribution in [0.3, 0.4) is 0 Å². The number of carbonyl (C=O) groups excluding carboxylic acids is 1. The van der Waals surface area contributed by atoms with Gasteiger partial charge in [-0.15, -0.1) is 11.8 Å². The van der Waals surface area contributed by atoms with E-state index in [2.05, 4.69) is 6.07 Å². The number of hydrogen-bond donors (Lipinski definition) is 0. The third-order valence-corrected chi connectivity index (χ3v) is 5.36. The number of hydrogen-bond acceptors (Lipinski definition) is 5. The molecule has 4 nitrogen and oxygen atoms in total. The molecular formula is C19H14N2O2S2. The van der Waals surface area contributed by atoms with Crippen LogP contribution in [0.4, 0.5) is 4.79 Å². The van der Waals surface area contributed by atoms with Gasteiger partial charge in [-0.2, -0.15) is 5.26 Å². The second kappa shape index (κ2) is 7.09. The molecule has 0 saturated carbocycles. The van der Waals surface area contributed by atoms with E-state index in [9.17, 15) is 10.1 Å². The maximum absolute atomic E-state index is 12.8. The number of amides is 1. The predicted octanol–water partition coefficient (Wildman–Crippen LogP) is 4.58. The van der Waals surface area contributed by atoms with Gasteiger partial charge in [-0.25, -0.2) is 4.79 Å². The Balaban J connectivity index is 2.08. The smallest absolute Gasteiger partial charge is 0.410 e. The molecular weight excluding hydrogens is 352 g/mol. The Hall–Kier alpha value is -2.62. The first-order valence-corrected chi connectivity index (χ1v) is 9.10. The molecule has 2 aromatic rings. The molecule has 0 fully saturated rings. The zero-order chi connectivity index (χ0) is 17.9. The van der Waals surface area contributed by atoms with Crippen LogP contribution in [0.2, 0.25) is 0 Å². The first-order chi connectivity index (χ1) is 12.1. The standard InChI is InChI=1S/C19H14N2O2S2/c1-25-17(24)19(13-20)16-10-6-5-7-14(16)11-12-21(19)18(22)23-15-8-3-2-4-9-15/h2-12H,1H3/t19-/m1/s1. The van der Waals surface area contributed by atoms with Gasteiger partial charge in [0.15, 0.2) is 0 Å². The summed E-state index contributed by atoms with van der Waals surface area (Å²) in [6.07, 6.45) is 4.47. The van der Waals surface area contributed by atoms with Gasteiger partial charge in [0, 0.05) is 11.8 Å². The zero-order valence-electron chi connectivity index (χ0n) is 13.4. The average molecular weight is 366 g/mol. The van der Waals surface area contributed by atoms with Gasteiger partial charge in [0.1, 0.15) is 11.8 Å². The summed E-state index contributed by atoms with van der Waals surface area (Å²) in [5.41, 5.74) is 0.125. The molecule has 0 spiro atoms. The van der Waals surface area contributed by atoms with Crippen molar-refractivity contribution in [1.82, 2.24) is 4.90 Å². The molecule has 2 aromatic carbocycles. The number of nitrogens with zero attached hydrogens (tertiary/aromatic N) is 2. The zero-order valence-corrected chi connectivity index (χ0v) is 15.0. The van der Waals surface area contributed by atoms with Gasteiger partial charge < -0.3 is 4.74 Å². The maximum Gasteiger partial charge on any atom is 0.421 e. The van der Waals surface area contributed by atoms with Crippen LogP contribution in [0.15, 0.2) is 60.8 Å². The lowest BCUT2D eigenvalue weighted by Gasteiger charge is -2.39. The molecule has 1 aliphatic heterocycles. The number of thiocarbonyl (C=S) groups is 1. The third-order valence-electron chi connectivity index (χ3n) is 3.90. The quantitative estimate of drug-likeness (QED) is 0.728. The highest BCUT2D eigenvalue weighted by Crippen LogP contribution is 2.40. The highest BCUT2D eigenvalue weighted by molar-refractivity contribution is 8.22. The summed E-state index contributed by atoms with van der Waals surface area (Å²) in [7, 11) is 0. The van der Waals surface area contributed by atoms with E-state index >= 15 is 0 Å². The highest BCUT2D eigenvalue weighted by atomic mass is 32.2. The van der Waals surface area contributed by atoms with Crippen molar-refractivity contribution in [2.24, 2.45) is 0 Å². The van der Waals surface area contributed by atoms with E-state index in [1.54, 1.807) is 42.8 Å². The van der Waals surface area contributed by atoms with Crippen molar-refractivity contribution < 1.29 is 9.53 Å². The summed E-state index contributed by atoms with van der Waals surface area (Å²) in [6.45, 7) is 0. The number of ether oxygens (including phenoxy) is 1. The normalized spacial score (nSPS) is 18.2. The molecule has 0 bridgehead atoms. The Labute approximate surface area is 155 Å². The molecule has 25 heavy (non-hydrogen) atoms. The first kappa shape index (κ1) is 17.2. The molecule has 1 amide bonds. The molecule has 1 atom stereocenters. The van der Waals surface area contributed by atoms with E-state index in [0.29, 0.717) is 15.5 Å². The van der Waals surface area contributed by atoms with E-state index in [1.165, 1.54) is 16.7 Å². The van der Waals surface area contributed by atoms with E-state index in [-0.39, 0.29) is 0 Å². The summed E-state index contributed by atoms with van der Waals surface area (Å²) in [4.78, 5) is 14.1. The fourth-order valence-electron chi connectivity index (χ4n) is 2.72. The predicted molar refractivity (Wildman–Crippen MR) is 103 cm³/mol. The summed E-state index contributed by atoms with van der Waals surface area (Å²) < 4.78 is 5.82. The summed E-state index contributed by atoms with van der Waals surface area (Å²) in [6, 6.07) is 18.4. The third kappa shape index (κ3) is 2.93. The minimum absolute atomic E-state index is 0.386. The van der Waals surface area contributed by atoms with E-state index in [1.807, 2.05) is 30.3 Å². The van der Waals surface area contributed by atoms with Gasteiger partial charge in [0.25, 0.3) is 0 Å². The van der Waals surface area contributed by atoms with Gasteiger partial charge >= 0.3 is 6.09 Å². The summed E-state index contributed by atoms with van der Waals surface area (Å²) >= 11 is 6.75. The van der Waals surface area contributed by atoms with Gasteiger partial charge in [0.2, 0.25) is 5.54 Å². The van der Waals surface area contributed by atoms with Crippen molar-refractivity contribution in [1.29, 1.82) is 5.26 Å². The molecule has 1 heterocycles. The Morgan fingerprint density at radius 2 is 1.88 bits per heavy atom. The Morgan fingerprint density at radius 1 is 1.20 bits per heavy atom. The topological polar surface area (TPSA) is 53.3 Å². The molecule has 6 heteroatoms. The monoisotopic (exact) mass is 366 g/mol. The van der Waals surface area contributed by atoms with Crippen LogP contribution in [-0.4, -0.2) is 21.4 Å². The van der Waals surface area contributed by atoms with Crippen molar-refractivity contribution in [2.45, 2.75) is 5.54 Å². The molecule has 1 aliphatic rings. The van der Waals surface area contributed by atoms with Crippen LogP contribution in [0.5, 0.6) is 5.75 Å². The minimum atomic E-state index is -1.40. The molecule has 0 radical (unpaired) electrons. The van der Waals surface area contributed by atoms with E-state index < -0.39 is 11.6 Å². The van der Waals surface area contributed by atoms with Crippen LogP contribution >= 0.6 is 24.0 Å². The van der Waals surface area contributed by atoms with Gasteiger partial charge in [-0.3, -0.25) is 4.90 Å². The second-order valence-corrected chi connectivity index (χ2v) is 6.75. The lowest BCUT2D eigenvalue weighted by atomic mass is 9.85.